The molecule has 9 heteroatoms. The third kappa shape index (κ3) is 4.91. The minimum absolute atomic E-state index is 0.00728. The summed E-state index contributed by atoms with van der Waals surface area (Å²) in [5.41, 5.74) is 0.215. The first-order valence-corrected chi connectivity index (χ1v) is 9.43. The predicted octanol–water partition coefficient (Wildman–Crippen LogP) is 0.481. The van der Waals surface area contributed by atoms with Crippen molar-refractivity contribution in [2.24, 2.45) is 0 Å². The third-order valence-electron chi connectivity index (χ3n) is 3.78. The van der Waals surface area contributed by atoms with Crippen LogP contribution in [0.3, 0.4) is 0 Å². The Bertz CT molecular complexity index is 701. The fourth-order valence-corrected chi connectivity index (χ4v) is 3.83. The number of morpholine rings is 1. The number of ether oxygens (including phenoxy) is 3. The number of benzene rings is 1. The lowest BCUT2D eigenvalue weighted by Crippen LogP contribution is -2.41. The zero-order valence-electron chi connectivity index (χ0n) is 14.6. The van der Waals surface area contributed by atoms with Gasteiger partial charge in [0.25, 0.3) is 5.91 Å². The van der Waals surface area contributed by atoms with E-state index in [1.54, 1.807) is 11.8 Å². The Morgan fingerprint density at radius 3 is 2.60 bits per heavy atom. The van der Waals surface area contributed by atoms with Crippen molar-refractivity contribution in [3.8, 4) is 5.75 Å². The molecule has 1 heterocycles. The van der Waals surface area contributed by atoms with E-state index in [1.165, 1.54) is 32.4 Å². The maximum Gasteiger partial charge on any atom is 0.257 e. The molecule has 0 unspecified atom stereocenters. The highest BCUT2D eigenvalue weighted by Gasteiger charge is 2.25. The maximum absolute atomic E-state index is 12.7. The Hall–Kier alpha value is -1.68. The monoisotopic (exact) mass is 372 g/mol. The number of nitrogens with one attached hydrogen (secondary N) is 1. The van der Waals surface area contributed by atoms with Crippen LogP contribution in [0.15, 0.2) is 23.1 Å². The van der Waals surface area contributed by atoms with Gasteiger partial charge in [-0.05, 0) is 25.1 Å². The lowest BCUT2D eigenvalue weighted by Gasteiger charge is -2.27. The van der Waals surface area contributed by atoms with E-state index < -0.39 is 16.1 Å². The topological polar surface area (TPSA) is 94.2 Å². The first kappa shape index (κ1) is 19.6. The highest BCUT2D eigenvalue weighted by Crippen LogP contribution is 2.24. The van der Waals surface area contributed by atoms with Crippen molar-refractivity contribution in [2.75, 3.05) is 47.1 Å². The summed E-state index contributed by atoms with van der Waals surface area (Å²) < 4.78 is 43.0. The molecule has 1 saturated heterocycles. The van der Waals surface area contributed by atoms with Crippen molar-refractivity contribution in [1.82, 2.24) is 9.62 Å². The Morgan fingerprint density at radius 1 is 1.32 bits per heavy atom. The van der Waals surface area contributed by atoms with Crippen LogP contribution >= 0.6 is 0 Å². The van der Waals surface area contributed by atoms with Crippen LogP contribution < -0.4 is 9.46 Å². The molecule has 1 aromatic rings. The molecule has 1 atom stereocenters. The van der Waals surface area contributed by atoms with E-state index in [9.17, 15) is 13.2 Å². The van der Waals surface area contributed by atoms with Gasteiger partial charge in [-0.1, -0.05) is 0 Å². The Morgan fingerprint density at radius 2 is 2.00 bits per heavy atom. The number of hydrogen-bond donors (Lipinski definition) is 1. The standard InChI is InChI=1S/C16H24N2O6S/c1-12(11-22-2)17-25(20,21)13-4-5-15(23-3)14(10-13)16(19)18-6-8-24-9-7-18/h4-5,10,12,17H,6-9,11H2,1-3H3/t12-/m1/s1. The maximum atomic E-state index is 12.7. The van der Waals surface area contributed by atoms with Gasteiger partial charge in [-0.25, -0.2) is 13.1 Å². The normalized spacial score (nSPS) is 16.5. The zero-order chi connectivity index (χ0) is 18.4. The van der Waals surface area contributed by atoms with E-state index in [4.69, 9.17) is 14.2 Å². The lowest BCUT2D eigenvalue weighted by molar-refractivity contribution is 0.0300. The molecule has 1 aliphatic rings. The molecular weight excluding hydrogens is 348 g/mol. The molecular formula is C16H24N2O6S. The van der Waals surface area contributed by atoms with Crippen LogP contribution in [-0.2, 0) is 19.5 Å². The van der Waals surface area contributed by atoms with E-state index in [0.717, 1.165) is 0 Å². The number of hydrogen-bond acceptors (Lipinski definition) is 6. The fraction of sp³-hybridized carbons (Fsp3) is 0.562. The summed E-state index contributed by atoms with van der Waals surface area (Å²) in [5.74, 6) is 0.0579. The van der Waals surface area contributed by atoms with Crippen LogP contribution in [0.4, 0.5) is 0 Å². The fourth-order valence-electron chi connectivity index (χ4n) is 2.58. The van der Waals surface area contributed by atoms with Crippen LogP contribution in [0, 0.1) is 0 Å². The van der Waals surface area contributed by atoms with Crippen molar-refractivity contribution in [2.45, 2.75) is 17.9 Å². The van der Waals surface area contributed by atoms with Crippen LogP contribution in [0.1, 0.15) is 17.3 Å². The average Bonchev–Trinajstić information content (AvgIpc) is 2.61. The Balaban J connectivity index is 2.31. The van der Waals surface area contributed by atoms with Crippen LogP contribution in [-0.4, -0.2) is 72.4 Å². The van der Waals surface area contributed by atoms with E-state index in [0.29, 0.717) is 32.1 Å². The molecule has 2 rings (SSSR count). The van der Waals surface area contributed by atoms with Crippen LogP contribution in [0.5, 0.6) is 5.75 Å². The molecule has 0 aromatic heterocycles. The minimum Gasteiger partial charge on any atom is -0.496 e. The average molecular weight is 372 g/mol. The predicted molar refractivity (Wildman–Crippen MR) is 91.4 cm³/mol. The van der Waals surface area contributed by atoms with Gasteiger partial charge in [0.2, 0.25) is 10.0 Å². The van der Waals surface area contributed by atoms with Gasteiger partial charge in [-0.15, -0.1) is 0 Å². The number of rotatable bonds is 7. The minimum atomic E-state index is -3.77. The van der Waals surface area contributed by atoms with E-state index in [-0.39, 0.29) is 23.0 Å². The summed E-state index contributed by atoms with van der Waals surface area (Å²) in [7, 11) is -0.834. The molecule has 0 radical (unpaired) electrons. The van der Waals surface area contributed by atoms with Gasteiger partial charge in [-0.2, -0.15) is 0 Å². The number of methoxy groups -OCH3 is 2. The second-order valence-corrected chi connectivity index (χ2v) is 7.46. The molecule has 1 N–H and O–H groups in total. The highest BCUT2D eigenvalue weighted by molar-refractivity contribution is 7.89. The second kappa shape index (κ2) is 8.61. The molecule has 0 bridgehead atoms. The molecule has 1 amide bonds. The summed E-state index contributed by atoms with van der Waals surface area (Å²) in [5, 5.41) is 0. The van der Waals surface area contributed by atoms with Crippen LogP contribution in [0.2, 0.25) is 0 Å². The molecule has 0 aliphatic carbocycles. The molecule has 8 nitrogen and oxygen atoms in total. The zero-order valence-corrected chi connectivity index (χ0v) is 15.5. The quantitative estimate of drug-likeness (QED) is 0.748. The van der Waals surface area contributed by atoms with E-state index in [1.807, 2.05) is 0 Å². The van der Waals surface area contributed by atoms with Crippen molar-refractivity contribution in [1.29, 1.82) is 0 Å². The number of amides is 1. The van der Waals surface area contributed by atoms with Gasteiger partial charge in [0.15, 0.2) is 0 Å². The number of carbonyl (C=O) groups excluding carboxylic acids is 1. The second-order valence-electron chi connectivity index (χ2n) is 5.74. The van der Waals surface area contributed by atoms with Gasteiger partial charge in [0, 0.05) is 26.2 Å². The third-order valence-corrected chi connectivity index (χ3v) is 5.37. The van der Waals surface area contributed by atoms with Gasteiger partial charge in [0.05, 0.1) is 37.4 Å². The first-order valence-electron chi connectivity index (χ1n) is 7.95. The summed E-state index contributed by atoms with van der Waals surface area (Å²) >= 11 is 0. The summed E-state index contributed by atoms with van der Waals surface area (Å²) in [6, 6.07) is 3.86. The molecule has 25 heavy (non-hydrogen) atoms. The number of nitrogens with zero attached hydrogens (tertiary/aromatic N) is 1. The van der Waals surface area contributed by atoms with Gasteiger partial charge < -0.3 is 19.1 Å². The van der Waals surface area contributed by atoms with Gasteiger partial charge >= 0.3 is 0 Å². The van der Waals surface area contributed by atoms with E-state index in [2.05, 4.69) is 4.72 Å². The van der Waals surface area contributed by atoms with Crippen LogP contribution in [0.25, 0.3) is 0 Å². The molecule has 0 saturated carbocycles. The molecule has 1 aromatic carbocycles. The Labute approximate surface area is 148 Å². The smallest absolute Gasteiger partial charge is 0.257 e. The SMILES string of the molecule is COC[C@@H](C)NS(=O)(=O)c1ccc(OC)c(C(=O)N2CCOCC2)c1. The van der Waals surface area contributed by atoms with Gasteiger partial charge in [0.1, 0.15) is 5.75 Å². The van der Waals surface area contributed by atoms with Crippen molar-refractivity contribution >= 4 is 15.9 Å². The van der Waals surface area contributed by atoms with Crippen molar-refractivity contribution in [3.63, 3.8) is 0 Å². The molecule has 1 aliphatic heterocycles. The summed E-state index contributed by atoms with van der Waals surface area (Å²) in [4.78, 5) is 14.4. The molecule has 1 fully saturated rings. The number of sulfonamides is 1. The van der Waals surface area contributed by atoms with E-state index >= 15 is 0 Å². The van der Waals surface area contributed by atoms with Gasteiger partial charge in [-0.3, -0.25) is 4.79 Å². The van der Waals surface area contributed by atoms with Crippen molar-refractivity contribution < 1.29 is 27.4 Å². The first-order chi connectivity index (χ1) is 11.9. The summed E-state index contributed by atoms with van der Waals surface area (Å²) in [6.07, 6.45) is 0. The summed E-state index contributed by atoms with van der Waals surface area (Å²) in [6.45, 7) is 3.79. The Kier molecular flexibility index (Phi) is 6.77. The number of carbonyl (C=O) groups is 1. The molecule has 0 spiro atoms. The highest BCUT2D eigenvalue weighted by atomic mass is 32.2. The molecule has 140 valence electrons. The lowest BCUT2D eigenvalue weighted by atomic mass is 10.1. The van der Waals surface area contributed by atoms with Crippen molar-refractivity contribution in [3.05, 3.63) is 23.8 Å². The largest absolute Gasteiger partial charge is 0.496 e.